The standard InChI is InChI=1S/C20H22N2O/c1-14-4-7-18(15(2)12-14)10-11-20(23)22-16(3)19-8-5-17(13-21)6-9-19/h4-9,12,16H,10-11H2,1-3H3,(H,22,23). The number of carbonyl (C=O) groups is 1. The number of amides is 1. The Hall–Kier alpha value is -2.60. The second-order valence-corrected chi connectivity index (χ2v) is 5.95. The van der Waals surface area contributed by atoms with Gasteiger partial charge in [-0.05, 0) is 56.0 Å². The molecular formula is C20H22N2O. The van der Waals surface area contributed by atoms with Gasteiger partial charge in [0, 0.05) is 6.42 Å². The van der Waals surface area contributed by atoms with Gasteiger partial charge in [-0.2, -0.15) is 5.26 Å². The molecule has 0 fully saturated rings. The summed E-state index contributed by atoms with van der Waals surface area (Å²) in [6, 6.07) is 15.7. The molecule has 118 valence electrons. The van der Waals surface area contributed by atoms with Gasteiger partial charge in [0.25, 0.3) is 0 Å². The van der Waals surface area contributed by atoms with Gasteiger partial charge in [0.2, 0.25) is 5.91 Å². The summed E-state index contributed by atoms with van der Waals surface area (Å²) < 4.78 is 0. The third kappa shape index (κ3) is 4.69. The fraction of sp³-hybridized carbons (Fsp3) is 0.300. The van der Waals surface area contributed by atoms with Crippen molar-refractivity contribution in [3.63, 3.8) is 0 Å². The van der Waals surface area contributed by atoms with Crippen molar-refractivity contribution in [1.29, 1.82) is 5.26 Å². The lowest BCUT2D eigenvalue weighted by molar-refractivity contribution is -0.121. The Kier molecular flexibility index (Phi) is 5.54. The summed E-state index contributed by atoms with van der Waals surface area (Å²) in [5.41, 5.74) is 5.32. The van der Waals surface area contributed by atoms with Gasteiger partial charge in [0.1, 0.15) is 0 Å². The van der Waals surface area contributed by atoms with Crippen LogP contribution in [0.2, 0.25) is 0 Å². The summed E-state index contributed by atoms with van der Waals surface area (Å²) in [4.78, 5) is 12.1. The molecule has 3 heteroatoms. The second-order valence-electron chi connectivity index (χ2n) is 5.95. The number of hydrogen-bond donors (Lipinski definition) is 1. The molecule has 0 saturated carbocycles. The van der Waals surface area contributed by atoms with E-state index in [9.17, 15) is 4.79 Å². The predicted molar refractivity (Wildman–Crippen MR) is 92.0 cm³/mol. The van der Waals surface area contributed by atoms with Gasteiger partial charge in [-0.25, -0.2) is 0 Å². The van der Waals surface area contributed by atoms with E-state index in [4.69, 9.17) is 5.26 Å². The Morgan fingerprint density at radius 2 is 1.87 bits per heavy atom. The van der Waals surface area contributed by atoms with Crippen molar-refractivity contribution >= 4 is 5.91 Å². The Labute approximate surface area is 138 Å². The minimum Gasteiger partial charge on any atom is -0.350 e. The maximum atomic E-state index is 12.1. The van der Waals surface area contributed by atoms with Gasteiger partial charge >= 0.3 is 0 Å². The van der Waals surface area contributed by atoms with E-state index in [1.807, 2.05) is 19.1 Å². The van der Waals surface area contributed by atoms with E-state index >= 15 is 0 Å². The zero-order valence-electron chi connectivity index (χ0n) is 13.9. The largest absolute Gasteiger partial charge is 0.350 e. The molecule has 0 spiro atoms. The first-order valence-electron chi connectivity index (χ1n) is 7.85. The first-order valence-corrected chi connectivity index (χ1v) is 7.85. The average molecular weight is 306 g/mol. The minimum atomic E-state index is -0.0608. The van der Waals surface area contributed by atoms with Gasteiger partial charge in [0.15, 0.2) is 0 Å². The van der Waals surface area contributed by atoms with Gasteiger partial charge in [-0.3, -0.25) is 4.79 Å². The van der Waals surface area contributed by atoms with Crippen LogP contribution in [-0.4, -0.2) is 5.91 Å². The van der Waals surface area contributed by atoms with E-state index in [2.05, 4.69) is 43.4 Å². The fourth-order valence-corrected chi connectivity index (χ4v) is 2.62. The zero-order valence-corrected chi connectivity index (χ0v) is 13.9. The number of benzene rings is 2. The molecule has 0 aromatic heterocycles. The Morgan fingerprint density at radius 1 is 1.17 bits per heavy atom. The lowest BCUT2D eigenvalue weighted by Gasteiger charge is -2.15. The lowest BCUT2D eigenvalue weighted by atomic mass is 10.0. The van der Waals surface area contributed by atoms with E-state index in [0.29, 0.717) is 12.0 Å². The molecule has 0 saturated heterocycles. The van der Waals surface area contributed by atoms with Gasteiger partial charge in [0.05, 0.1) is 17.7 Å². The fourth-order valence-electron chi connectivity index (χ4n) is 2.62. The van der Waals surface area contributed by atoms with Crippen LogP contribution in [0.4, 0.5) is 0 Å². The van der Waals surface area contributed by atoms with Crippen molar-refractivity contribution in [3.8, 4) is 6.07 Å². The molecule has 3 nitrogen and oxygen atoms in total. The van der Waals surface area contributed by atoms with Gasteiger partial charge in [-0.15, -0.1) is 0 Å². The third-order valence-electron chi connectivity index (χ3n) is 4.04. The van der Waals surface area contributed by atoms with Crippen molar-refractivity contribution in [2.45, 2.75) is 39.7 Å². The van der Waals surface area contributed by atoms with Crippen LogP contribution >= 0.6 is 0 Å². The SMILES string of the molecule is Cc1ccc(CCC(=O)NC(C)c2ccc(C#N)cc2)c(C)c1. The van der Waals surface area contributed by atoms with Crippen LogP contribution in [0.25, 0.3) is 0 Å². The van der Waals surface area contributed by atoms with Crippen LogP contribution in [0.15, 0.2) is 42.5 Å². The van der Waals surface area contributed by atoms with Crippen molar-refractivity contribution in [1.82, 2.24) is 5.32 Å². The second kappa shape index (κ2) is 7.60. The molecule has 0 heterocycles. The van der Waals surface area contributed by atoms with Crippen LogP contribution in [-0.2, 0) is 11.2 Å². The Bertz CT molecular complexity index is 726. The average Bonchev–Trinajstić information content (AvgIpc) is 2.54. The van der Waals surface area contributed by atoms with Crippen LogP contribution < -0.4 is 5.32 Å². The van der Waals surface area contributed by atoms with Crippen molar-refractivity contribution < 1.29 is 4.79 Å². The number of aryl methyl sites for hydroxylation is 3. The van der Waals surface area contributed by atoms with E-state index < -0.39 is 0 Å². The molecule has 0 aliphatic heterocycles. The summed E-state index contributed by atoms with van der Waals surface area (Å²) in [5.74, 6) is 0.0434. The van der Waals surface area contributed by atoms with E-state index in [0.717, 1.165) is 12.0 Å². The van der Waals surface area contributed by atoms with Gasteiger partial charge in [-0.1, -0.05) is 35.9 Å². The molecule has 1 atom stereocenters. The van der Waals surface area contributed by atoms with E-state index in [1.54, 1.807) is 12.1 Å². The zero-order chi connectivity index (χ0) is 16.8. The van der Waals surface area contributed by atoms with E-state index in [-0.39, 0.29) is 11.9 Å². The number of hydrogen-bond acceptors (Lipinski definition) is 2. The maximum Gasteiger partial charge on any atom is 0.220 e. The topological polar surface area (TPSA) is 52.9 Å². The summed E-state index contributed by atoms with van der Waals surface area (Å²) in [5, 5.41) is 11.8. The van der Waals surface area contributed by atoms with E-state index in [1.165, 1.54) is 16.7 Å². The Balaban J connectivity index is 1.89. The Morgan fingerprint density at radius 3 is 2.48 bits per heavy atom. The monoisotopic (exact) mass is 306 g/mol. The molecule has 1 N–H and O–H groups in total. The normalized spacial score (nSPS) is 11.6. The molecule has 23 heavy (non-hydrogen) atoms. The highest BCUT2D eigenvalue weighted by Crippen LogP contribution is 2.15. The van der Waals surface area contributed by atoms with Crippen LogP contribution in [0.5, 0.6) is 0 Å². The van der Waals surface area contributed by atoms with Crippen molar-refractivity contribution in [3.05, 3.63) is 70.3 Å². The number of nitrogens with zero attached hydrogens (tertiary/aromatic N) is 1. The summed E-state index contributed by atoms with van der Waals surface area (Å²) in [7, 11) is 0. The van der Waals surface area contributed by atoms with Gasteiger partial charge < -0.3 is 5.32 Å². The molecule has 0 aliphatic carbocycles. The quantitative estimate of drug-likeness (QED) is 0.908. The third-order valence-corrected chi connectivity index (χ3v) is 4.04. The number of rotatable bonds is 5. The molecule has 1 unspecified atom stereocenters. The molecule has 2 aromatic carbocycles. The predicted octanol–water partition coefficient (Wildman–Crippen LogP) is 3.99. The molecule has 0 radical (unpaired) electrons. The van der Waals surface area contributed by atoms with Crippen molar-refractivity contribution in [2.24, 2.45) is 0 Å². The van der Waals surface area contributed by atoms with Crippen LogP contribution in [0.3, 0.4) is 0 Å². The smallest absolute Gasteiger partial charge is 0.220 e. The molecule has 0 bridgehead atoms. The summed E-state index contributed by atoms with van der Waals surface area (Å²) >= 11 is 0. The molecule has 0 aliphatic rings. The highest BCUT2D eigenvalue weighted by atomic mass is 16.1. The summed E-state index contributed by atoms with van der Waals surface area (Å²) in [6.45, 7) is 6.11. The molecule has 1 amide bonds. The number of nitrogens with one attached hydrogen (secondary N) is 1. The highest BCUT2D eigenvalue weighted by Gasteiger charge is 2.10. The number of nitriles is 1. The minimum absolute atomic E-state index is 0.0434. The van der Waals surface area contributed by atoms with Crippen LogP contribution in [0, 0.1) is 25.2 Å². The first kappa shape index (κ1) is 16.8. The van der Waals surface area contributed by atoms with Crippen LogP contribution in [0.1, 0.15) is 47.2 Å². The molecule has 2 aromatic rings. The lowest BCUT2D eigenvalue weighted by Crippen LogP contribution is -2.26. The highest BCUT2D eigenvalue weighted by molar-refractivity contribution is 5.76. The molecule has 2 rings (SSSR count). The maximum absolute atomic E-state index is 12.1. The van der Waals surface area contributed by atoms with Crippen molar-refractivity contribution in [2.75, 3.05) is 0 Å². The molecular weight excluding hydrogens is 284 g/mol. The number of carbonyl (C=O) groups excluding carboxylic acids is 1. The summed E-state index contributed by atoms with van der Waals surface area (Å²) in [6.07, 6.45) is 1.22. The first-order chi connectivity index (χ1) is 11.0.